The molecule has 1 aliphatic carbocycles. The predicted octanol–water partition coefficient (Wildman–Crippen LogP) is 4.09. The molecule has 2 N–H and O–H groups in total. The Morgan fingerprint density at radius 3 is 2.72 bits per heavy atom. The Balaban J connectivity index is 1.35. The zero-order valence-corrected chi connectivity index (χ0v) is 16.8. The molecule has 29 heavy (non-hydrogen) atoms. The molecule has 2 aromatic rings. The first-order valence-electron chi connectivity index (χ1n) is 10.9. The van der Waals surface area contributed by atoms with Gasteiger partial charge < -0.3 is 15.2 Å². The van der Waals surface area contributed by atoms with Crippen molar-refractivity contribution in [3.63, 3.8) is 0 Å². The van der Waals surface area contributed by atoms with Gasteiger partial charge in [-0.05, 0) is 74.9 Å². The minimum Gasteiger partial charge on any atom is -0.356 e. The third-order valence-electron chi connectivity index (χ3n) is 6.34. The number of hydrogen-bond acceptors (Lipinski definition) is 4. The van der Waals surface area contributed by atoms with E-state index in [0.717, 1.165) is 50.0 Å². The van der Waals surface area contributed by atoms with Crippen LogP contribution in [0.25, 0.3) is 11.3 Å². The van der Waals surface area contributed by atoms with Gasteiger partial charge in [-0.15, -0.1) is 0 Å². The third kappa shape index (κ3) is 5.44. The maximum absolute atomic E-state index is 13.1. The summed E-state index contributed by atoms with van der Waals surface area (Å²) in [4.78, 5) is 12.6. The number of nitrogens with zero attached hydrogens (tertiary/aromatic N) is 1. The highest BCUT2D eigenvalue weighted by atomic mass is 19.1. The van der Waals surface area contributed by atoms with Crippen molar-refractivity contribution in [2.75, 3.05) is 13.1 Å². The minimum atomic E-state index is -0.267. The summed E-state index contributed by atoms with van der Waals surface area (Å²) in [5, 5.41) is 10.9. The largest absolute Gasteiger partial charge is 0.356 e. The smallest absolute Gasteiger partial charge is 0.220 e. The summed E-state index contributed by atoms with van der Waals surface area (Å²) in [6, 6.07) is 8.53. The van der Waals surface area contributed by atoms with E-state index in [1.165, 1.54) is 31.4 Å². The van der Waals surface area contributed by atoms with Gasteiger partial charge in [0.2, 0.25) is 5.91 Å². The van der Waals surface area contributed by atoms with Crippen molar-refractivity contribution in [1.29, 1.82) is 0 Å². The van der Waals surface area contributed by atoms with Crippen molar-refractivity contribution >= 4 is 5.91 Å². The van der Waals surface area contributed by atoms with Crippen LogP contribution >= 0.6 is 0 Å². The topological polar surface area (TPSA) is 67.2 Å². The molecule has 4 rings (SSSR count). The Labute approximate surface area is 171 Å². The molecule has 0 spiro atoms. The number of carbonyl (C=O) groups is 1. The van der Waals surface area contributed by atoms with Crippen molar-refractivity contribution in [1.82, 2.24) is 15.8 Å². The summed E-state index contributed by atoms with van der Waals surface area (Å²) >= 11 is 0. The number of carbonyl (C=O) groups excluding carboxylic acids is 1. The molecule has 0 bridgehead atoms. The molecule has 1 aliphatic heterocycles. The van der Waals surface area contributed by atoms with Crippen LogP contribution in [0.1, 0.15) is 50.6 Å². The third-order valence-corrected chi connectivity index (χ3v) is 6.34. The first kappa shape index (κ1) is 20.1. The average molecular weight is 400 g/mol. The lowest BCUT2D eigenvalue weighted by atomic mass is 9.81. The van der Waals surface area contributed by atoms with E-state index in [1.807, 2.05) is 6.07 Å². The summed E-state index contributed by atoms with van der Waals surface area (Å²) in [6.07, 6.45) is 8.35. The van der Waals surface area contributed by atoms with Crippen LogP contribution in [0, 0.1) is 17.7 Å². The molecule has 1 amide bonds. The normalized spacial score (nSPS) is 23.1. The monoisotopic (exact) mass is 399 g/mol. The Morgan fingerprint density at radius 1 is 1.14 bits per heavy atom. The molecule has 5 nitrogen and oxygen atoms in total. The number of amides is 1. The molecule has 6 heteroatoms. The van der Waals surface area contributed by atoms with Crippen molar-refractivity contribution < 1.29 is 13.7 Å². The first-order chi connectivity index (χ1) is 14.2. The maximum Gasteiger partial charge on any atom is 0.220 e. The number of nitrogens with one attached hydrogen (secondary N) is 2. The number of aromatic nitrogens is 1. The van der Waals surface area contributed by atoms with Gasteiger partial charge >= 0.3 is 0 Å². The molecule has 1 saturated carbocycles. The van der Waals surface area contributed by atoms with Crippen LogP contribution in [-0.4, -0.2) is 30.2 Å². The highest BCUT2D eigenvalue weighted by Gasteiger charge is 2.29. The zero-order valence-electron chi connectivity index (χ0n) is 16.8. The summed E-state index contributed by atoms with van der Waals surface area (Å²) in [5.41, 5.74) is 1.70. The van der Waals surface area contributed by atoms with Crippen LogP contribution in [0.15, 0.2) is 34.9 Å². The molecule has 156 valence electrons. The first-order valence-corrected chi connectivity index (χ1v) is 10.9. The van der Waals surface area contributed by atoms with Gasteiger partial charge in [-0.25, -0.2) is 4.39 Å². The van der Waals surface area contributed by atoms with Crippen LogP contribution < -0.4 is 10.6 Å². The van der Waals surface area contributed by atoms with Crippen LogP contribution in [-0.2, 0) is 11.2 Å². The Bertz CT molecular complexity index is 799. The van der Waals surface area contributed by atoms with E-state index in [4.69, 9.17) is 4.52 Å². The van der Waals surface area contributed by atoms with Gasteiger partial charge in [0.15, 0.2) is 5.76 Å². The molecule has 1 aromatic heterocycles. The second-order valence-electron chi connectivity index (χ2n) is 8.51. The zero-order chi connectivity index (χ0) is 20.1. The molecule has 2 fully saturated rings. The summed E-state index contributed by atoms with van der Waals surface area (Å²) in [6.45, 7) is 1.84. The van der Waals surface area contributed by atoms with Crippen LogP contribution in [0.2, 0.25) is 0 Å². The van der Waals surface area contributed by atoms with E-state index in [2.05, 4.69) is 15.8 Å². The van der Waals surface area contributed by atoms with E-state index in [0.29, 0.717) is 30.1 Å². The maximum atomic E-state index is 13.1. The number of piperidine rings is 1. The second-order valence-corrected chi connectivity index (χ2v) is 8.51. The SMILES string of the molecule is O=C(C[C@@H]1CCNC[C@@H]1Cc1cc(-c2ccc(F)cc2)on1)NC1CCCCC1. The lowest BCUT2D eigenvalue weighted by molar-refractivity contribution is -0.123. The molecule has 0 radical (unpaired) electrons. The van der Waals surface area contributed by atoms with Crippen LogP contribution in [0.3, 0.4) is 0 Å². The summed E-state index contributed by atoms with van der Waals surface area (Å²) < 4.78 is 18.6. The quantitative estimate of drug-likeness (QED) is 0.768. The fraction of sp³-hybridized carbons (Fsp3) is 0.565. The molecule has 2 heterocycles. The molecule has 1 aromatic carbocycles. The Kier molecular flexibility index (Phi) is 6.60. The van der Waals surface area contributed by atoms with Gasteiger partial charge in [-0.3, -0.25) is 4.79 Å². The molecule has 2 atom stereocenters. The van der Waals surface area contributed by atoms with Gasteiger partial charge in [-0.2, -0.15) is 0 Å². The van der Waals surface area contributed by atoms with E-state index in [-0.39, 0.29) is 11.7 Å². The minimum absolute atomic E-state index is 0.195. The van der Waals surface area contributed by atoms with E-state index in [1.54, 1.807) is 12.1 Å². The molecule has 1 saturated heterocycles. The summed E-state index contributed by atoms with van der Waals surface area (Å²) in [7, 11) is 0. The van der Waals surface area contributed by atoms with Gasteiger partial charge in [0, 0.05) is 24.1 Å². The number of rotatable bonds is 6. The predicted molar refractivity (Wildman–Crippen MR) is 110 cm³/mol. The van der Waals surface area contributed by atoms with Crippen molar-refractivity contribution in [2.45, 2.75) is 57.4 Å². The van der Waals surface area contributed by atoms with Crippen molar-refractivity contribution in [3.8, 4) is 11.3 Å². The lowest BCUT2D eigenvalue weighted by Crippen LogP contribution is -2.42. The molecule has 2 aliphatic rings. The fourth-order valence-electron chi connectivity index (χ4n) is 4.68. The van der Waals surface area contributed by atoms with E-state index >= 15 is 0 Å². The Hall–Kier alpha value is -2.21. The van der Waals surface area contributed by atoms with Gasteiger partial charge in [-0.1, -0.05) is 24.4 Å². The number of hydrogen-bond donors (Lipinski definition) is 2. The standard InChI is InChI=1S/C23H30FN3O2/c24-19-8-6-16(7-9-19)22-14-21(27-29-22)12-18-15-25-11-10-17(18)13-23(28)26-20-4-2-1-3-5-20/h6-9,14,17-18,20,25H,1-5,10-13,15H2,(H,26,28)/t17-,18-/m0/s1. The Morgan fingerprint density at radius 2 is 1.93 bits per heavy atom. The number of halogens is 1. The average Bonchev–Trinajstić information content (AvgIpc) is 3.19. The lowest BCUT2D eigenvalue weighted by Gasteiger charge is -2.32. The van der Waals surface area contributed by atoms with Gasteiger partial charge in [0.05, 0.1) is 5.69 Å². The van der Waals surface area contributed by atoms with Crippen molar-refractivity contribution in [2.24, 2.45) is 11.8 Å². The van der Waals surface area contributed by atoms with E-state index in [9.17, 15) is 9.18 Å². The highest BCUT2D eigenvalue weighted by molar-refractivity contribution is 5.76. The number of benzene rings is 1. The molecular formula is C23H30FN3O2. The van der Waals surface area contributed by atoms with Crippen LogP contribution in [0.5, 0.6) is 0 Å². The molecular weight excluding hydrogens is 369 g/mol. The van der Waals surface area contributed by atoms with E-state index < -0.39 is 0 Å². The van der Waals surface area contributed by atoms with Crippen LogP contribution in [0.4, 0.5) is 4.39 Å². The highest BCUT2D eigenvalue weighted by Crippen LogP contribution is 2.28. The second kappa shape index (κ2) is 9.53. The van der Waals surface area contributed by atoms with Gasteiger partial charge in [0.1, 0.15) is 5.82 Å². The summed E-state index contributed by atoms with van der Waals surface area (Å²) in [5.74, 6) is 1.28. The van der Waals surface area contributed by atoms with Crippen molar-refractivity contribution in [3.05, 3.63) is 41.8 Å². The van der Waals surface area contributed by atoms with Gasteiger partial charge in [0.25, 0.3) is 0 Å². The fourth-order valence-corrected chi connectivity index (χ4v) is 4.68. The molecule has 0 unspecified atom stereocenters.